The molecule has 1 saturated heterocycles. The fourth-order valence-corrected chi connectivity index (χ4v) is 6.29. The Labute approximate surface area is 142 Å². The van der Waals surface area contributed by atoms with Crippen LogP contribution in [0.3, 0.4) is 0 Å². The van der Waals surface area contributed by atoms with E-state index in [2.05, 4.69) is 26.1 Å². The van der Waals surface area contributed by atoms with Crippen molar-refractivity contribution in [3.8, 4) is 11.4 Å². The van der Waals surface area contributed by atoms with Crippen molar-refractivity contribution < 1.29 is 8.42 Å². The van der Waals surface area contributed by atoms with Crippen molar-refractivity contribution >= 4 is 37.5 Å². The summed E-state index contributed by atoms with van der Waals surface area (Å²) in [5.41, 5.74) is 1.00. The Kier molecular flexibility index (Phi) is 4.61. The molecule has 1 aromatic heterocycles. The first kappa shape index (κ1) is 16.0. The maximum atomic E-state index is 11.6. The molecule has 5 nitrogen and oxygen atoms in total. The Balaban J connectivity index is 1.86. The normalized spacial score (nSPS) is 20.4. The molecule has 8 heteroatoms. The van der Waals surface area contributed by atoms with Gasteiger partial charge in [-0.15, -0.1) is 10.2 Å². The zero-order chi connectivity index (χ0) is 15.7. The third-order valence-corrected chi connectivity index (χ3v) is 7.35. The zero-order valence-electron chi connectivity index (χ0n) is 12.1. The van der Waals surface area contributed by atoms with E-state index in [-0.39, 0.29) is 16.8 Å². The van der Waals surface area contributed by atoms with Gasteiger partial charge in [0, 0.05) is 21.8 Å². The Hall–Kier alpha value is -0.860. The molecule has 0 spiro atoms. The molecule has 0 N–H and O–H groups in total. The summed E-state index contributed by atoms with van der Waals surface area (Å²) >= 11 is 4.95. The highest BCUT2D eigenvalue weighted by molar-refractivity contribution is 9.10. The van der Waals surface area contributed by atoms with Gasteiger partial charge < -0.3 is 4.57 Å². The lowest BCUT2D eigenvalue weighted by molar-refractivity contribution is 0.602. The van der Waals surface area contributed by atoms with Crippen LogP contribution in [0.2, 0.25) is 0 Å². The molecule has 1 aliphatic rings. The van der Waals surface area contributed by atoms with Crippen molar-refractivity contribution in [2.45, 2.75) is 30.3 Å². The van der Waals surface area contributed by atoms with Crippen molar-refractivity contribution in [1.29, 1.82) is 0 Å². The van der Waals surface area contributed by atoms with Crippen molar-refractivity contribution in [1.82, 2.24) is 14.8 Å². The van der Waals surface area contributed by atoms with E-state index in [0.717, 1.165) is 27.6 Å². The lowest BCUT2D eigenvalue weighted by atomic mass is 10.2. The van der Waals surface area contributed by atoms with Gasteiger partial charge in [0.25, 0.3) is 0 Å². The summed E-state index contributed by atoms with van der Waals surface area (Å²) in [4.78, 5) is 0. The van der Waals surface area contributed by atoms with Crippen molar-refractivity contribution in [2.24, 2.45) is 0 Å². The minimum absolute atomic E-state index is 0.0808. The smallest absolute Gasteiger partial charge is 0.191 e. The molecule has 0 amide bonds. The SMILES string of the molecule is CCn1c(SC2CCS(=O)(=O)C2)nnc1-c1ccc(Br)cc1. The van der Waals surface area contributed by atoms with E-state index in [1.165, 1.54) is 11.8 Å². The van der Waals surface area contributed by atoms with E-state index in [0.29, 0.717) is 6.42 Å². The fraction of sp³-hybridized carbons (Fsp3) is 0.429. The molecule has 1 fully saturated rings. The number of aromatic nitrogens is 3. The van der Waals surface area contributed by atoms with Gasteiger partial charge in [0.05, 0.1) is 11.5 Å². The van der Waals surface area contributed by atoms with Gasteiger partial charge in [0.15, 0.2) is 20.8 Å². The van der Waals surface area contributed by atoms with Gasteiger partial charge in [-0.2, -0.15) is 0 Å². The molecule has 0 aliphatic carbocycles. The number of halogens is 1. The van der Waals surface area contributed by atoms with Gasteiger partial charge in [-0.25, -0.2) is 8.42 Å². The summed E-state index contributed by atoms with van der Waals surface area (Å²) in [6, 6.07) is 7.93. The Bertz CT molecular complexity index is 772. The molecule has 0 bridgehead atoms. The Morgan fingerprint density at radius 3 is 2.64 bits per heavy atom. The Morgan fingerprint density at radius 2 is 2.05 bits per heavy atom. The maximum Gasteiger partial charge on any atom is 0.191 e. The minimum Gasteiger partial charge on any atom is -0.302 e. The predicted octanol–water partition coefficient (Wildman–Crippen LogP) is 3.01. The third kappa shape index (κ3) is 3.38. The van der Waals surface area contributed by atoms with E-state index in [1.54, 1.807) is 0 Å². The quantitative estimate of drug-likeness (QED) is 0.787. The standard InChI is InChI=1S/C14H16BrN3O2S2/c1-2-18-13(10-3-5-11(15)6-4-10)16-17-14(18)21-12-7-8-22(19,20)9-12/h3-6,12H,2,7-9H2,1H3. The molecule has 3 rings (SSSR count). The molecule has 1 unspecified atom stereocenters. The number of nitrogens with zero attached hydrogens (tertiary/aromatic N) is 3. The van der Waals surface area contributed by atoms with E-state index in [1.807, 2.05) is 35.8 Å². The van der Waals surface area contributed by atoms with Crippen molar-refractivity contribution in [3.05, 3.63) is 28.7 Å². The Morgan fingerprint density at radius 1 is 1.32 bits per heavy atom. The van der Waals surface area contributed by atoms with Crippen LogP contribution in [0.4, 0.5) is 0 Å². The lowest BCUT2D eigenvalue weighted by Crippen LogP contribution is -2.08. The van der Waals surface area contributed by atoms with Crippen LogP contribution in [0.15, 0.2) is 33.9 Å². The topological polar surface area (TPSA) is 64.8 Å². The first-order valence-corrected chi connectivity index (χ1v) is 10.5. The van der Waals surface area contributed by atoms with Crippen molar-refractivity contribution in [2.75, 3.05) is 11.5 Å². The number of benzene rings is 1. The fourth-order valence-electron chi connectivity index (χ4n) is 2.48. The van der Waals surface area contributed by atoms with Gasteiger partial charge in [-0.05, 0) is 25.5 Å². The zero-order valence-corrected chi connectivity index (χ0v) is 15.3. The second-order valence-electron chi connectivity index (χ2n) is 5.20. The highest BCUT2D eigenvalue weighted by Gasteiger charge is 2.30. The molecular weight excluding hydrogens is 386 g/mol. The van der Waals surface area contributed by atoms with E-state index < -0.39 is 9.84 Å². The van der Waals surface area contributed by atoms with Crippen LogP contribution in [0, 0.1) is 0 Å². The molecule has 2 heterocycles. The summed E-state index contributed by atoms with van der Waals surface area (Å²) in [6.07, 6.45) is 0.692. The molecule has 2 aromatic rings. The van der Waals surface area contributed by atoms with Gasteiger partial charge >= 0.3 is 0 Å². The van der Waals surface area contributed by atoms with E-state index in [9.17, 15) is 8.42 Å². The van der Waals surface area contributed by atoms with Crippen LogP contribution in [0.1, 0.15) is 13.3 Å². The average Bonchev–Trinajstić information content (AvgIpc) is 3.03. The number of rotatable bonds is 4. The highest BCUT2D eigenvalue weighted by atomic mass is 79.9. The second-order valence-corrected chi connectivity index (χ2v) is 9.61. The minimum atomic E-state index is -2.87. The first-order chi connectivity index (χ1) is 10.5. The predicted molar refractivity (Wildman–Crippen MR) is 91.7 cm³/mol. The average molecular weight is 402 g/mol. The number of thioether (sulfide) groups is 1. The van der Waals surface area contributed by atoms with E-state index >= 15 is 0 Å². The highest BCUT2D eigenvalue weighted by Crippen LogP contribution is 2.32. The molecule has 1 atom stereocenters. The number of sulfone groups is 1. The van der Waals surface area contributed by atoms with Gasteiger partial charge in [-0.3, -0.25) is 0 Å². The van der Waals surface area contributed by atoms with Gasteiger partial charge in [0.2, 0.25) is 0 Å². The molecule has 1 aromatic carbocycles. The molecule has 22 heavy (non-hydrogen) atoms. The lowest BCUT2D eigenvalue weighted by Gasteiger charge is -2.10. The molecule has 118 valence electrons. The van der Waals surface area contributed by atoms with Crippen LogP contribution < -0.4 is 0 Å². The van der Waals surface area contributed by atoms with Crippen LogP contribution >= 0.6 is 27.7 Å². The maximum absolute atomic E-state index is 11.6. The first-order valence-electron chi connectivity index (χ1n) is 7.05. The monoisotopic (exact) mass is 401 g/mol. The summed E-state index contributed by atoms with van der Waals surface area (Å²) in [6.45, 7) is 2.79. The number of hydrogen-bond acceptors (Lipinski definition) is 5. The van der Waals surface area contributed by atoms with Crippen LogP contribution in [0.5, 0.6) is 0 Å². The van der Waals surface area contributed by atoms with Gasteiger partial charge in [0.1, 0.15) is 0 Å². The largest absolute Gasteiger partial charge is 0.302 e. The third-order valence-electron chi connectivity index (χ3n) is 3.60. The molecule has 1 aliphatic heterocycles. The summed E-state index contributed by atoms with van der Waals surface area (Å²) in [7, 11) is -2.87. The van der Waals surface area contributed by atoms with Gasteiger partial charge in [-0.1, -0.05) is 39.8 Å². The van der Waals surface area contributed by atoms with Crippen molar-refractivity contribution in [3.63, 3.8) is 0 Å². The number of hydrogen-bond donors (Lipinski definition) is 0. The summed E-state index contributed by atoms with van der Waals surface area (Å²) < 4.78 is 26.2. The second kappa shape index (κ2) is 6.33. The van der Waals surface area contributed by atoms with Crippen LogP contribution in [-0.4, -0.2) is 39.9 Å². The van der Waals surface area contributed by atoms with Crippen LogP contribution in [0.25, 0.3) is 11.4 Å². The van der Waals surface area contributed by atoms with E-state index in [4.69, 9.17) is 0 Å². The van der Waals surface area contributed by atoms with Crippen LogP contribution in [-0.2, 0) is 16.4 Å². The molecule has 0 saturated carbocycles. The molecule has 0 radical (unpaired) electrons. The summed E-state index contributed by atoms with van der Waals surface area (Å²) in [5.74, 6) is 1.34. The summed E-state index contributed by atoms with van der Waals surface area (Å²) in [5, 5.41) is 9.43. The molecular formula is C14H16BrN3O2S2.